The number of unbranched alkanes of at least 4 members (excludes halogenated alkanes) is 3. The van der Waals surface area contributed by atoms with Crippen molar-refractivity contribution in [3.8, 4) is 12.3 Å². The zero-order chi connectivity index (χ0) is 24.6. The van der Waals surface area contributed by atoms with Crippen LogP contribution in [0, 0.1) is 12.3 Å². The van der Waals surface area contributed by atoms with Gasteiger partial charge in [-0.25, -0.2) is 4.79 Å². The van der Waals surface area contributed by atoms with E-state index in [1.807, 2.05) is 20.8 Å². The van der Waals surface area contributed by atoms with Crippen LogP contribution in [-0.2, 0) is 23.7 Å². The Morgan fingerprint density at radius 2 is 1.36 bits per heavy atom. The predicted octanol–water partition coefficient (Wildman–Crippen LogP) is 3.48. The van der Waals surface area contributed by atoms with Crippen LogP contribution in [0.3, 0.4) is 0 Å². The van der Waals surface area contributed by atoms with Gasteiger partial charge in [-0.2, -0.15) is 0 Å². The fraction of sp³-hybridized carbons (Fsp3) is 0.880. The summed E-state index contributed by atoms with van der Waals surface area (Å²) in [4.78, 5) is 14.1. The molecular formula is C25H48N2O6. The molecule has 0 aliphatic rings. The Kier molecular flexibility index (Phi) is 21.5. The van der Waals surface area contributed by atoms with E-state index in [0.29, 0.717) is 59.4 Å². The van der Waals surface area contributed by atoms with E-state index in [9.17, 15) is 4.79 Å². The van der Waals surface area contributed by atoms with Crippen molar-refractivity contribution in [2.45, 2.75) is 65.4 Å². The molecule has 0 radical (unpaired) electrons. The van der Waals surface area contributed by atoms with E-state index in [-0.39, 0.29) is 6.09 Å². The van der Waals surface area contributed by atoms with Crippen LogP contribution < -0.4 is 5.32 Å². The minimum Gasteiger partial charge on any atom is -0.444 e. The lowest BCUT2D eigenvalue weighted by atomic mass is 10.2. The zero-order valence-electron chi connectivity index (χ0n) is 21.5. The minimum absolute atomic E-state index is 0.318. The lowest BCUT2D eigenvalue weighted by Crippen LogP contribution is -2.34. The molecular weight excluding hydrogens is 424 g/mol. The summed E-state index contributed by atoms with van der Waals surface area (Å²) in [5.41, 5.74) is -0.461. The second-order valence-corrected chi connectivity index (χ2v) is 8.78. The van der Waals surface area contributed by atoms with Crippen LogP contribution in [0.4, 0.5) is 4.79 Å². The fourth-order valence-electron chi connectivity index (χ4n) is 2.87. The summed E-state index contributed by atoms with van der Waals surface area (Å²) in [6, 6.07) is 0. The van der Waals surface area contributed by atoms with E-state index in [0.717, 1.165) is 32.5 Å². The molecule has 0 bridgehead atoms. The van der Waals surface area contributed by atoms with Crippen molar-refractivity contribution < 1.29 is 28.5 Å². The molecule has 0 aromatic rings. The number of rotatable bonds is 22. The Morgan fingerprint density at radius 1 is 0.818 bits per heavy atom. The Bertz CT molecular complexity index is 490. The Morgan fingerprint density at radius 3 is 1.91 bits per heavy atom. The molecule has 8 heteroatoms. The van der Waals surface area contributed by atoms with Crippen molar-refractivity contribution in [1.29, 1.82) is 0 Å². The summed E-state index contributed by atoms with van der Waals surface area (Å²) in [6.45, 7) is 15.7. The first kappa shape index (κ1) is 31.6. The zero-order valence-corrected chi connectivity index (χ0v) is 21.5. The summed E-state index contributed by atoms with van der Waals surface area (Å²) < 4.78 is 27.0. The highest BCUT2D eigenvalue weighted by molar-refractivity contribution is 5.67. The number of carbonyl (C=O) groups excluding carboxylic acids is 1. The van der Waals surface area contributed by atoms with Gasteiger partial charge >= 0.3 is 6.09 Å². The number of ether oxygens (including phenoxy) is 5. The first-order chi connectivity index (χ1) is 15.9. The van der Waals surface area contributed by atoms with Crippen LogP contribution in [0.5, 0.6) is 0 Å². The van der Waals surface area contributed by atoms with E-state index in [1.54, 1.807) is 0 Å². The molecule has 194 valence electrons. The van der Waals surface area contributed by atoms with E-state index >= 15 is 0 Å². The van der Waals surface area contributed by atoms with E-state index < -0.39 is 5.60 Å². The molecule has 0 atom stereocenters. The molecule has 8 nitrogen and oxygen atoms in total. The molecule has 0 aromatic heterocycles. The van der Waals surface area contributed by atoms with Crippen molar-refractivity contribution in [2.24, 2.45) is 0 Å². The summed E-state index contributed by atoms with van der Waals surface area (Å²) in [5.74, 6) is 2.41. The number of nitrogens with one attached hydrogen (secondary N) is 1. The third kappa shape index (κ3) is 25.1. The molecule has 1 N–H and O–H groups in total. The van der Waals surface area contributed by atoms with Crippen LogP contribution in [0.2, 0.25) is 0 Å². The molecule has 0 heterocycles. The SMILES string of the molecule is C#CCOCCOCCOCCOCCN(CCCCC)CCCCNC(=O)OC(C)(C)C. The van der Waals surface area contributed by atoms with E-state index in [4.69, 9.17) is 30.1 Å². The number of hydrogen-bond acceptors (Lipinski definition) is 7. The molecule has 0 aliphatic heterocycles. The maximum atomic E-state index is 11.7. The van der Waals surface area contributed by atoms with Gasteiger partial charge in [0.15, 0.2) is 0 Å². The van der Waals surface area contributed by atoms with Crippen LogP contribution in [0.15, 0.2) is 0 Å². The summed E-state index contributed by atoms with van der Waals surface area (Å²) >= 11 is 0. The minimum atomic E-state index is -0.461. The van der Waals surface area contributed by atoms with Gasteiger partial charge in [0.05, 0.1) is 46.2 Å². The molecule has 0 unspecified atom stereocenters. The third-order valence-electron chi connectivity index (χ3n) is 4.50. The number of hydrogen-bond donors (Lipinski definition) is 1. The first-order valence-electron chi connectivity index (χ1n) is 12.3. The van der Waals surface area contributed by atoms with Crippen molar-refractivity contribution in [2.75, 3.05) is 79.0 Å². The average molecular weight is 473 g/mol. The van der Waals surface area contributed by atoms with E-state index in [1.165, 1.54) is 19.3 Å². The van der Waals surface area contributed by atoms with Crippen molar-refractivity contribution >= 4 is 6.09 Å². The highest BCUT2D eigenvalue weighted by Gasteiger charge is 2.15. The van der Waals surface area contributed by atoms with Crippen LogP contribution in [-0.4, -0.2) is 95.6 Å². The second kappa shape index (κ2) is 22.4. The lowest BCUT2D eigenvalue weighted by Gasteiger charge is -2.22. The van der Waals surface area contributed by atoms with Gasteiger partial charge in [0.1, 0.15) is 12.2 Å². The number of carbonyl (C=O) groups is 1. The number of amides is 1. The third-order valence-corrected chi connectivity index (χ3v) is 4.50. The standard InChI is InChI=1S/C25H48N2O6/c1-6-8-10-13-27(14-11-9-12-26-24(28)33-25(3,4)5)15-17-30-19-21-32-23-22-31-20-18-29-16-7-2/h2H,6,8-23H2,1,3-5H3,(H,26,28). The van der Waals surface area contributed by atoms with Gasteiger partial charge in [-0.1, -0.05) is 25.7 Å². The van der Waals surface area contributed by atoms with Crippen LogP contribution in [0.25, 0.3) is 0 Å². The monoisotopic (exact) mass is 472 g/mol. The number of nitrogens with zero attached hydrogens (tertiary/aromatic N) is 1. The van der Waals surface area contributed by atoms with Crippen molar-refractivity contribution in [3.63, 3.8) is 0 Å². The smallest absolute Gasteiger partial charge is 0.407 e. The van der Waals surface area contributed by atoms with Gasteiger partial charge in [-0.3, -0.25) is 0 Å². The average Bonchev–Trinajstić information content (AvgIpc) is 2.75. The van der Waals surface area contributed by atoms with Gasteiger partial charge in [-0.15, -0.1) is 6.42 Å². The van der Waals surface area contributed by atoms with Gasteiger partial charge in [0, 0.05) is 13.1 Å². The number of terminal acetylenes is 1. The molecule has 0 saturated carbocycles. The first-order valence-corrected chi connectivity index (χ1v) is 12.3. The predicted molar refractivity (Wildman–Crippen MR) is 132 cm³/mol. The highest BCUT2D eigenvalue weighted by atomic mass is 16.6. The lowest BCUT2D eigenvalue weighted by molar-refractivity contribution is -0.00115. The Labute approximate surface area is 202 Å². The Balaban J connectivity index is 3.75. The maximum Gasteiger partial charge on any atom is 0.407 e. The summed E-state index contributed by atoms with van der Waals surface area (Å²) in [6.07, 6.45) is 10.3. The molecule has 0 aromatic carbocycles. The molecule has 0 aliphatic carbocycles. The van der Waals surface area contributed by atoms with Crippen molar-refractivity contribution in [1.82, 2.24) is 10.2 Å². The van der Waals surface area contributed by atoms with Gasteiger partial charge in [-0.05, 0) is 53.1 Å². The van der Waals surface area contributed by atoms with Gasteiger partial charge < -0.3 is 33.9 Å². The topological polar surface area (TPSA) is 78.5 Å². The normalized spacial score (nSPS) is 11.5. The quantitative estimate of drug-likeness (QED) is 0.191. The van der Waals surface area contributed by atoms with Gasteiger partial charge in [0.2, 0.25) is 0 Å². The molecule has 0 saturated heterocycles. The number of alkyl carbamates (subject to hydrolysis) is 1. The summed E-state index contributed by atoms with van der Waals surface area (Å²) in [5, 5.41) is 2.82. The largest absolute Gasteiger partial charge is 0.444 e. The molecule has 33 heavy (non-hydrogen) atoms. The molecule has 1 amide bonds. The molecule has 0 spiro atoms. The van der Waals surface area contributed by atoms with E-state index in [2.05, 4.69) is 23.1 Å². The highest BCUT2D eigenvalue weighted by Crippen LogP contribution is 2.06. The summed E-state index contributed by atoms with van der Waals surface area (Å²) in [7, 11) is 0. The van der Waals surface area contributed by atoms with Crippen molar-refractivity contribution in [3.05, 3.63) is 0 Å². The van der Waals surface area contributed by atoms with Crippen LogP contribution in [0.1, 0.15) is 59.8 Å². The maximum absolute atomic E-state index is 11.7. The Hall–Kier alpha value is -1.37. The molecule has 0 rings (SSSR count). The van der Waals surface area contributed by atoms with Gasteiger partial charge in [0.25, 0.3) is 0 Å². The second-order valence-electron chi connectivity index (χ2n) is 8.78. The van der Waals surface area contributed by atoms with Crippen LogP contribution >= 0.6 is 0 Å². The molecule has 0 fully saturated rings. The fourth-order valence-corrected chi connectivity index (χ4v) is 2.87.